The van der Waals surface area contributed by atoms with E-state index in [0.717, 1.165) is 0 Å². The third-order valence-corrected chi connectivity index (χ3v) is 3.64. The van der Waals surface area contributed by atoms with Gasteiger partial charge in [0.25, 0.3) is 5.56 Å². The van der Waals surface area contributed by atoms with Gasteiger partial charge < -0.3 is 9.72 Å². The number of hydrogen-bond acceptors (Lipinski definition) is 3. The summed E-state index contributed by atoms with van der Waals surface area (Å²) in [5, 5.41) is 0.234. The van der Waals surface area contributed by atoms with Crippen LogP contribution in [0.25, 0.3) is 16.6 Å². The van der Waals surface area contributed by atoms with Crippen LogP contribution in [0, 0.1) is 10.6 Å². The predicted molar refractivity (Wildman–Crippen MR) is 90.5 cm³/mol. The fraction of sp³-hybridized carbons (Fsp3) is 0.176. The molecule has 118 valence electrons. The molecule has 1 heterocycles. The van der Waals surface area contributed by atoms with E-state index in [0.29, 0.717) is 11.4 Å². The maximum Gasteiger partial charge on any atom is 0.266 e. The minimum absolute atomic E-state index is 0.0534. The van der Waals surface area contributed by atoms with Gasteiger partial charge in [-0.2, -0.15) is 0 Å². The van der Waals surface area contributed by atoms with Gasteiger partial charge in [0.15, 0.2) is 4.77 Å². The Labute approximate surface area is 137 Å². The van der Waals surface area contributed by atoms with E-state index in [1.807, 2.05) is 19.9 Å². The van der Waals surface area contributed by atoms with Crippen molar-refractivity contribution in [3.63, 3.8) is 0 Å². The maximum atomic E-state index is 13.9. The first-order valence-electron chi connectivity index (χ1n) is 7.18. The lowest BCUT2D eigenvalue weighted by Gasteiger charge is -2.16. The summed E-state index contributed by atoms with van der Waals surface area (Å²) in [6, 6.07) is 11.5. The van der Waals surface area contributed by atoms with Crippen molar-refractivity contribution in [2.45, 2.75) is 20.0 Å². The second-order valence-corrected chi connectivity index (χ2v) is 5.75. The number of hydrogen-bond donors (Lipinski definition) is 1. The zero-order valence-corrected chi connectivity index (χ0v) is 13.5. The van der Waals surface area contributed by atoms with Crippen LogP contribution >= 0.6 is 12.2 Å². The van der Waals surface area contributed by atoms with Gasteiger partial charge in [-0.3, -0.25) is 4.79 Å². The summed E-state index contributed by atoms with van der Waals surface area (Å²) in [7, 11) is 0. The second-order valence-electron chi connectivity index (χ2n) is 5.37. The van der Waals surface area contributed by atoms with E-state index in [-0.39, 0.29) is 27.3 Å². The first kappa shape index (κ1) is 15.4. The van der Waals surface area contributed by atoms with Gasteiger partial charge in [0.2, 0.25) is 0 Å². The van der Waals surface area contributed by atoms with E-state index in [1.54, 1.807) is 24.3 Å². The number of fused-ring (bicyclic) bond motifs is 1. The van der Waals surface area contributed by atoms with Crippen LogP contribution in [0.3, 0.4) is 0 Å². The Morgan fingerprint density at radius 3 is 2.65 bits per heavy atom. The van der Waals surface area contributed by atoms with E-state index in [9.17, 15) is 9.18 Å². The SMILES string of the molecule is CC(C)Oc1ccccc1-n1c(=S)[nH]c2c(F)cccc2c1=O. The van der Waals surface area contributed by atoms with Crippen LogP contribution < -0.4 is 10.3 Å². The lowest BCUT2D eigenvalue weighted by atomic mass is 10.2. The largest absolute Gasteiger partial charge is 0.489 e. The van der Waals surface area contributed by atoms with Crippen LogP contribution in [0.2, 0.25) is 0 Å². The van der Waals surface area contributed by atoms with Crippen molar-refractivity contribution < 1.29 is 9.13 Å². The Morgan fingerprint density at radius 1 is 1.17 bits per heavy atom. The number of H-pyrrole nitrogens is 1. The quantitative estimate of drug-likeness (QED) is 0.739. The van der Waals surface area contributed by atoms with Crippen molar-refractivity contribution in [3.05, 3.63) is 63.4 Å². The molecule has 0 aliphatic carbocycles. The molecule has 0 amide bonds. The molecule has 0 bridgehead atoms. The normalized spacial score (nSPS) is 11.1. The maximum absolute atomic E-state index is 13.9. The third kappa shape index (κ3) is 2.77. The number of aromatic nitrogens is 2. The first-order chi connectivity index (χ1) is 11.0. The fourth-order valence-electron chi connectivity index (χ4n) is 2.42. The minimum Gasteiger partial charge on any atom is -0.489 e. The molecule has 3 aromatic rings. The van der Waals surface area contributed by atoms with Gasteiger partial charge in [-0.05, 0) is 50.3 Å². The molecule has 0 aliphatic rings. The summed E-state index contributed by atoms with van der Waals surface area (Å²) in [6.07, 6.45) is -0.0534. The van der Waals surface area contributed by atoms with Gasteiger partial charge >= 0.3 is 0 Å². The number of para-hydroxylation sites is 3. The monoisotopic (exact) mass is 330 g/mol. The molecule has 0 aliphatic heterocycles. The fourth-order valence-corrected chi connectivity index (χ4v) is 2.70. The van der Waals surface area contributed by atoms with Gasteiger partial charge in [-0.25, -0.2) is 8.96 Å². The van der Waals surface area contributed by atoms with Crippen LogP contribution in [0.15, 0.2) is 47.3 Å². The van der Waals surface area contributed by atoms with E-state index in [1.165, 1.54) is 16.7 Å². The van der Waals surface area contributed by atoms with Gasteiger partial charge in [-0.15, -0.1) is 0 Å². The van der Waals surface area contributed by atoms with Gasteiger partial charge in [-0.1, -0.05) is 18.2 Å². The van der Waals surface area contributed by atoms with Crippen LogP contribution in [-0.2, 0) is 0 Å². The van der Waals surface area contributed by atoms with Gasteiger partial charge in [0.1, 0.15) is 11.6 Å². The summed E-state index contributed by atoms with van der Waals surface area (Å²) in [5.41, 5.74) is 0.252. The van der Waals surface area contributed by atoms with Crippen molar-refractivity contribution in [3.8, 4) is 11.4 Å². The first-order valence-corrected chi connectivity index (χ1v) is 7.59. The number of nitrogens with one attached hydrogen (secondary N) is 1. The van der Waals surface area contributed by atoms with Crippen molar-refractivity contribution >= 4 is 23.1 Å². The molecule has 1 N–H and O–H groups in total. The molecule has 3 rings (SSSR count). The lowest BCUT2D eigenvalue weighted by molar-refractivity contribution is 0.241. The number of aromatic amines is 1. The highest BCUT2D eigenvalue weighted by Crippen LogP contribution is 2.23. The molecule has 23 heavy (non-hydrogen) atoms. The highest BCUT2D eigenvalue weighted by molar-refractivity contribution is 7.71. The highest BCUT2D eigenvalue weighted by atomic mass is 32.1. The Kier molecular flexibility index (Phi) is 4.00. The number of benzene rings is 2. The zero-order chi connectivity index (χ0) is 16.6. The number of ether oxygens (including phenoxy) is 1. The average molecular weight is 330 g/mol. The van der Waals surface area contributed by atoms with Crippen LogP contribution in [-0.4, -0.2) is 15.7 Å². The van der Waals surface area contributed by atoms with Crippen LogP contribution in [0.1, 0.15) is 13.8 Å². The zero-order valence-electron chi connectivity index (χ0n) is 12.7. The Hall–Kier alpha value is -2.47. The molecule has 0 saturated carbocycles. The highest BCUT2D eigenvalue weighted by Gasteiger charge is 2.14. The Balaban J connectivity index is 2.35. The van der Waals surface area contributed by atoms with Crippen molar-refractivity contribution in [2.24, 2.45) is 0 Å². The average Bonchev–Trinajstić information content (AvgIpc) is 2.50. The topological polar surface area (TPSA) is 47.0 Å². The summed E-state index contributed by atoms with van der Waals surface area (Å²) in [6.45, 7) is 3.80. The smallest absolute Gasteiger partial charge is 0.266 e. The van der Waals surface area contributed by atoms with Crippen molar-refractivity contribution in [2.75, 3.05) is 0 Å². The Bertz CT molecular complexity index is 992. The molecule has 6 heteroatoms. The minimum atomic E-state index is -0.510. The number of nitrogens with zero attached hydrogens (tertiary/aromatic N) is 1. The van der Waals surface area contributed by atoms with Gasteiger partial charge in [0.05, 0.1) is 22.7 Å². The molecule has 0 radical (unpaired) electrons. The molecule has 0 unspecified atom stereocenters. The van der Waals surface area contributed by atoms with E-state index in [4.69, 9.17) is 17.0 Å². The van der Waals surface area contributed by atoms with E-state index in [2.05, 4.69) is 4.98 Å². The van der Waals surface area contributed by atoms with E-state index >= 15 is 0 Å². The summed E-state index contributed by atoms with van der Waals surface area (Å²) in [4.78, 5) is 15.6. The number of halogens is 1. The van der Waals surface area contributed by atoms with Gasteiger partial charge in [0, 0.05) is 0 Å². The van der Waals surface area contributed by atoms with Crippen LogP contribution in [0.4, 0.5) is 4.39 Å². The van der Waals surface area contributed by atoms with Crippen molar-refractivity contribution in [1.82, 2.24) is 9.55 Å². The third-order valence-electron chi connectivity index (χ3n) is 3.35. The molecule has 4 nitrogen and oxygen atoms in total. The van der Waals surface area contributed by atoms with E-state index < -0.39 is 5.82 Å². The summed E-state index contributed by atoms with van der Waals surface area (Å²) >= 11 is 5.27. The molecular formula is C17H15FN2O2S. The lowest BCUT2D eigenvalue weighted by Crippen LogP contribution is -2.22. The Morgan fingerprint density at radius 2 is 1.91 bits per heavy atom. The molecule has 0 spiro atoms. The van der Waals surface area contributed by atoms with Crippen molar-refractivity contribution in [1.29, 1.82) is 0 Å². The molecule has 2 aromatic carbocycles. The second kappa shape index (κ2) is 5.96. The van der Waals surface area contributed by atoms with Crippen LogP contribution in [0.5, 0.6) is 5.75 Å². The molecule has 0 saturated heterocycles. The molecule has 1 aromatic heterocycles. The molecular weight excluding hydrogens is 315 g/mol. The summed E-state index contributed by atoms with van der Waals surface area (Å²) < 4.78 is 21.1. The predicted octanol–water partition coefficient (Wildman–Crippen LogP) is 3.97. The molecule has 0 atom stereocenters. The standard InChI is InChI=1S/C17H15FN2O2S/c1-10(2)22-14-9-4-3-8-13(14)20-16(21)11-6-5-7-12(18)15(11)19-17(20)23/h3-10H,1-2H3,(H,19,23). The molecule has 0 fully saturated rings. The number of rotatable bonds is 3. The summed E-state index contributed by atoms with van der Waals surface area (Å²) in [5.74, 6) is 0.0319.